The van der Waals surface area contributed by atoms with Crippen LogP contribution in [0.4, 0.5) is 0 Å². The van der Waals surface area contributed by atoms with Crippen molar-refractivity contribution in [3.8, 4) is 5.75 Å². The Morgan fingerprint density at radius 1 is 1.25 bits per heavy atom. The van der Waals surface area contributed by atoms with Crippen molar-refractivity contribution in [1.82, 2.24) is 5.32 Å². The maximum Gasteiger partial charge on any atom is 0.119 e. The Morgan fingerprint density at radius 2 is 1.94 bits per heavy atom. The summed E-state index contributed by atoms with van der Waals surface area (Å²) in [4.78, 5) is 0. The van der Waals surface area contributed by atoms with E-state index in [1.165, 1.54) is 0 Å². The van der Waals surface area contributed by atoms with Gasteiger partial charge >= 0.3 is 0 Å². The van der Waals surface area contributed by atoms with Crippen molar-refractivity contribution in [3.05, 3.63) is 29.8 Å². The van der Waals surface area contributed by atoms with E-state index in [0.29, 0.717) is 6.04 Å². The molecule has 0 aliphatic rings. The van der Waals surface area contributed by atoms with Gasteiger partial charge in [-0.05, 0) is 30.7 Å². The molecule has 90 valence electrons. The van der Waals surface area contributed by atoms with Crippen molar-refractivity contribution in [2.75, 3.05) is 13.2 Å². The predicted molar refractivity (Wildman–Crippen MR) is 65.6 cm³/mol. The molecule has 0 atom stereocenters. The highest BCUT2D eigenvalue weighted by Crippen LogP contribution is 2.12. The minimum Gasteiger partial charge on any atom is -0.494 e. The topological polar surface area (TPSA) is 41.5 Å². The van der Waals surface area contributed by atoms with Crippen molar-refractivity contribution in [2.45, 2.75) is 32.9 Å². The van der Waals surface area contributed by atoms with Crippen molar-refractivity contribution in [2.24, 2.45) is 0 Å². The van der Waals surface area contributed by atoms with Crippen LogP contribution in [0.25, 0.3) is 0 Å². The molecule has 3 nitrogen and oxygen atoms in total. The van der Waals surface area contributed by atoms with E-state index < -0.39 is 0 Å². The normalized spacial score (nSPS) is 10.8. The number of nitrogens with one attached hydrogen (secondary N) is 1. The predicted octanol–water partition coefficient (Wildman–Crippen LogP) is 1.95. The number of benzene rings is 1. The lowest BCUT2D eigenvalue weighted by Gasteiger charge is -2.09. The molecule has 0 aliphatic heterocycles. The third-order valence-corrected chi connectivity index (χ3v) is 2.25. The summed E-state index contributed by atoms with van der Waals surface area (Å²) in [5.74, 6) is 0.863. The molecule has 0 aliphatic carbocycles. The molecule has 0 spiro atoms. The van der Waals surface area contributed by atoms with Gasteiger partial charge < -0.3 is 15.2 Å². The van der Waals surface area contributed by atoms with Gasteiger partial charge in [0.2, 0.25) is 0 Å². The van der Waals surface area contributed by atoms with Gasteiger partial charge in [-0.15, -0.1) is 0 Å². The molecule has 1 aromatic rings. The Morgan fingerprint density at radius 3 is 2.50 bits per heavy atom. The molecule has 0 saturated heterocycles. The highest BCUT2D eigenvalue weighted by Gasteiger charge is 1.95. The summed E-state index contributed by atoms with van der Waals surface area (Å²) in [6.07, 6.45) is 1.000. The minimum absolute atomic E-state index is 0.0819. The van der Waals surface area contributed by atoms with E-state index in [0.717, 1.165) is 30.9 Å². The zero-order valence-electron chi connectivity index (χ0n) is 10.1. The molecule has 0 amide bonds. The van der Waals surface area contributed by atoms with Crippen LogP contribution in [0.15, 0.2) is 24.3 Å². The maximum atomic E-state index is 8.88. The molecule has 16 heavy (non-hydrogen) atoms. The number of ether oxygens (including phenoxy) is 1. The van der Waals surface area contributed by atoms with Crippen molar-refractivity contribution in [1.29, 1.82) is 0 Å². The molecular formula is C13H21NO2. The summed E-state index contributed by atoms with van der Waals surface area (Å²) < 4.78 is 5.57. The van der Waals surface area contributed by atoms with E-state index in [4.69, 9.17) is 9.84 Å². The molecule has 1 rings (SSSR count). The molecule has 0 unspecified atom stereocenters. The fourth-order valence-corrected chi connectivity index (χ4v) is 1.34. The lowest BCUT2D eigenvalue weighted by molar-refractivity contribution is 0.281. The maximum absolute atomic E-state index is 8.88. The van der Waals surface area contributed by atoms with Crippen LogP contribution in [0.2, 0.25) is 0 Å². The summed E-state index contributed by atoms with van der Waals surface area (Å²) in [6.45, 7) is 6.05. The lowest BCUT2D eigenvalue weighted by Crippen LogP contribution is -2.24. The summed E-state index contributed by atoms with van der Waals surface area (Å²) in [5, 5.41) is 12.2. The molecule has 0 saturated carbocycles. The van der Waals surface area contributed by atoms with Crippen LogP contribution in [-0.4, -0.2) is 24.3 Å². The molecule has 1 aromatic carbocycles. The van der Waals surface area contributed by atoms with E-state index in [2.05, 4.69) is 19.2 Å². The van der Waals surface area contributed by atoms with Crippen LogP contribution < -0.4 is 10.1 Å². The van der Waals surface area contributed by atoms with Gasteiger partial charge in [-0.25, -0.2) is 0 Å². The van der Waals surface area contributed by atoms with Gasteiger partial charge in [-0.1, -0.05) is 26.0 Å². The van der Waals surface area contributed by atoms with Gasteiger partial charge in [-0.2, -0.15) is 0 Å². The molecular weight excluding hydrogens is 202 g/mol. The van der Waals surface area contributed by atoms with Gasteiger partial charge in [0.15, 0.2) is 0 Å². The zero-order valence-corrected chi connectivity index (χ0v) is 10.1. The average molecular weight is 223 g/mol. The van der Waals surface area contributed by atoms with E-state index in [1.54, 1.807) is 0 Å². The fourth-order valence-electron chi connectivity index (χ4n) is 1.34. The SMILES string of the molecule is CC(C)NCCCOc1ccc(CO)cc1. The van der Waals surface area contributed by atoms with Gasteiger partial charge in [-0.3, -0.25) is 0 Å². The Kier molecular flexibility index (Phi) is 5.90. The Labute approximate surface area is 97.4 Å². The van der Waals surface area contributed by atoms with Crippen LogP contribution in [0.1, 0.15) is 25.8 Å². The monoisotopic (exact) mass is 223 g/mol. The van der Waals surface area contributed by atoms with E-state index >= 15 is 0 Å². The highest BCUT2D eigenvalue weighted by molar-refractivity contribution is 5.26. The molecule has 0 radical (unpaired) electrons. The first-order chi connectivity index (χ1) is 7.72. The summed E-state index contributed by atoms with van der Waals surface area (Å²) in [6, 6.07) is 8.07. The zero-order chi connectivity index (χ0) is 11.8. The fraction of sp³-hybridized carbons (Fsp3) is 0.538. The van der Waals surface area contributed by atoms with Gasteiger partial charge in [0.1, 0.15) is 5.75 Å². The highest BCUT2D eigenvalue weighted by atomic mass is 16.5. The molecule has 0 heterocycles. The third kappa shape index (κ3) is 5.14. The van der Waals surface area contributed by atoms with Crippen LogP contribution in [0, 0.1) is 0 Å². The van der Waals surface area contributed by atoms with Crippen molar-refractivity contribution in [3.63, 3.8) is 0 Å². The second kappa shape index (κ2) is 7.25. The Balaban J connectivity index is 2.16. The Bertz CT molecular complexity index is 282. The second-order valence-corrected chi connectivity index (χ2v) is 4.11. The first-order valence-electron chi connectivity index (χ1n) is 5.78. The quantitative estimate of drug-likeness (QED) is 0.694. The van der Waals surface area contributed by atoms with E-state index in [-0.39, 0.29) is 6.61 Å². The Hall–Kier alpha value is -1.06. The molecule has 0 fully saturated rings. The number of hydrogen-bond donors (Lipinski definition) is 2. The third-order valence-electron chi connectivity index (χ3n) is 2.25. The van der Waals surface area contributed by atoms with Crippen molar-refractivity contribution < 1.29 is 9.84 Å². The van der Waals surface area contributed by atoms with Crippen LogP contribution in [-0.2, 0) is 6.61 Å². The smallest absolute Gasteiger partial charge is 0.119 e. The molecule has 3 heteroatoms. The van der Waals surface area contributed by atoms with Gasteiger partial charge in [0.25, 0.3) is 0 Å². The largest absolute Gasteiger partial charge is 0.494 e. The van der Waals surface area contributed by atoms with E-state index in [9.17, 15) is 0 Å². The minimum atomic E-state index is 0.0819. The molecule has 2 N–H and O–H groups in total. The first-order valence-corrected chi connectivity index (χ1v) is 5.78. The summed E-state index contributed by atoms with van der Waals surface area (Å²) >= 11 is 0. The molecule has 0 aromatic heterocycles. The van der Waals surface area contributed by atoms with Gasteiger partial charge in [0, 0.05) is 6.04 Å². The first kappa shape index (κ1) is 13.0. The standard InChI is InChI=1S/C13H21NO2/c1-11(2)14-8-3-9-16-13-6-4-12(10-15)5-7-13/h4-7,11,14-15H,3,8-10H2,1-2H3. The number of rotatable bonds is 7. The average Bonchev–Trinajstić information content (AvgIpc) is 2.29. The second-order valence-electron chi connectivity index (χ2n) is 4.11. The number of hydrogen-bond acceptors (Lipinski definition) is 3. The van der Waals surface area contributed by atoms with Crippen LogP contribution >= 0.6 is 0 Å². The van der Waals surface area contributed by atoms with Gasteiger partial charge in [0.05, 0.1) is 13.2 Å². The van der Waals surface area contributed by atoms with Crippen LogP contribution in [0.5, 0.6) is 5.75 Å². The summed E-state index contributed by atoms with van der Waals surface area (Å²) in [5.41, 5.74) is 0.911. The lowest BCUT2D eigenvalue weighted by atomic mass is 10.2. The van der Waals surface area contributed by atoms with Crippen LogP contribution in [0.3, 0.4) is 0 Å². The van der Waals surface area contributed by atoms with Crippen molar-refractivity contribution >= 4 is 0 Å². The summed E-state index contributed by atoms with van der Waals surface area (Å²) in [7, 11) is 0. The number of aliphatic hydroxyl groups excluding tert-OH is 1. The van der Waals surface area contributed by atoms with E-state index in [1.807, 2.05) is 24.3 Å². The molecule has 0 bridgehead atoms. The number of aliphatic hydroxyl groups is 1.